The van der Waals surface area contributed by atoms with E-state index < -0.39 is 27.4 Å². The van der Waals surface area contributed by atoms with Crippen molar-refractivity contribution in [3.05, 3.63) is 64.4 Å². The van der Waals surface area contributed by atoms with Gasteiger partial charge in [0.2, 0.25) is 10.0 Å². The van der Waals surface area contributed by atoms with Crippen molar-refractivity contribution in [2.45, 2.75) is 11.5 Å². The molecule has 27 heavy (non-hydrogen) atoms. The fraction of sp³-hybridized carbons (Fsp3) is 0.278. The molecule has 0 atom stereocenters. The minimum absolute atomic E-state index is 0.112. The summed E-state index contributed by atoms with van der Waals surface area (Å²) in [5.74, 6) is -1.81. The number of benzene rings is 2. The van der Waals surface area contributed by atoms with Gasteiger partial charge in [0.15, 0.2) is 0 Å². The highest BCUT2D eigenvalue weighted by molar-refractivity contribution is 7.89. The number of hydrogen-bond donors (Lipinski definition) is 0. The molecule has 6 nitrogen and oxygen atoms in total. The van der Waals surface area contributed by atoms with Crippen LogP contribution < -0.4 is 0 Å². The van der Waals surface area contributed by atoms with Crippen LogP contribution in [0.25, 0.3) is 0 Å². The summed E-state index contributed by atoms with van der Waals surface area (Å²) in [6, 6.07) is 9.77. The highest BCUT2D eigenvalue weighted by Crippen LogP contribution is 2.21. The van der Waals surface area contributed by atoms with Crippen molar-refractivity contribution in [2.75, 3.05) is 26.3 Å². The molecule has 1 heterocycles. The van der Waals surface area contributed by atoms with Crippen molar-refractivity contribution < 1.29 is 27.1 Å². The van der Waals surface area contributed by atoms with Gasteiger partial charge in [-0.15, -0.1) is 0 Å². The molecule has 0 aliphatic carbocycles. The average Bonchev–Trinajstić information content (AvgIpc) is 2.67. The number of rotatable bonds is 5. The zero-order valence-corrected chi connectivity index (χ0v) is 15.8. The monoisotopic (exact) mass is 413 g/mol. The van der Waals surface area contributed by atoms with Gasteiger partial charge in [0.05, 0.1) is 23.7 Å². The summed E-state index contributed by atoms with van der Waals surface area (Å²) in [5.41, 5.74) is 0.194. The number of sulfonamides is 1. The quantitative estimate of drug-likeness (QED) is 0.705. The summed E-state index contributed by atoms with van der Waals surface area (Å²) >= 11 is 5.87. The zero-order valence-electron chi connectivity index (χ0n) is 14.2. The Kier molecular flexibility index (Phi) is 6.11. The van der Waals surface area contributed by atoms with E-state index in [2.05, 4.69) is 0 Å². The lowest BCUT2D eigenvalue weighted by Gasteiger charge is -2.26. The normalized spacial score (nSPS) is 15.5. The van der Waals surface area contributed by atoms with Crippen LogP contribution in [0, 0.1) is 5.82 Å². The molecular formula is C18H17ClFNO5S. The third-order valence-corrected chi connectivity index (χ3v) is 6.15. The lowest BCUT2D eigenvalue weighted by Crippen LogP contribution is -2.40. The topological polar surface area (TPSA) is 72.9 Å². The maximum absolute atomic E-state index is 14.1. The molecule has 0 amide bonds. The van der Waals surface area contributed by atoms with Crippen LogP contribution in [0.5, 0.6) is 0 Å². The van der Waals surface area contributed by atoms with E-state index in [0.717, 1.165) is 18.2 Å². The molecule has 0 radical (unpaired) electrons. The zero-order chi connectivity index (χ0) is 19.4. The van der Waals surface area contributed by atoms with Crippen LogP contribution in [0.2, 0.25) is 5.02 Å². The maximum atomic E-state index is 14.1. The first-order valence-electron chi connectivity index (χ1n) is 8.17. The number of carbonyl (C=O) groups excluding carboxylic acids is 1. The van der Waals surface area contributed by atoms with E-state index in [1.165, 1.54) is 4.31 Å². The molecule has 0 saturated carbocycles. The first-order chi connectivity index (χ1) is 12.9. The molecule has 0 bridgehead atoms. The summed E-state index contributed by atoms with van der Waals surface area (Å²) in [4.78, 5) is 12.1. The van der Waals surface area contributed by atoms with E-state index in [9.17, 15) is 17.6 Å². The van der Waals surface area contributed by atoms with Gasteiger partial charge in [-0.25, -0.2) is 17.6 Å². The van der Waals surface area contributed by atoms with Gasteiger partial charge >= 0.3 is 5.97 Å². The van der Waals surface area contributed by atoms with Gasteiger partial charge in [-0.05, 0) is 35.9 Å². The van der Waals surface area contributed by atoms with Gasteiger partial charge in [-0.3, -0.25) is 0 Å². The Morgan fingerprint density at radius 3 is 2.63 bits per heavy atom. The molecule has 144 valence electrons. The first-order valence-corrected chi connectivity index (χ1v) is 9.99. The molecule has 1 fully saturated rings. The van der Waals surface area contributed by atoms with Gasteiger partial charge < -0.3 is 9.47 Å². The van der Waals surface area contributed by atoms with Gasteiger partial charge in [0.1, 0.15) is 12.4 Å². The Morgan fingerprint density at radius 1 is 1.19 bits per heavy atom. The molecule has 1 aliphatic heterocycles. The SMILES string of the molecule is O=C(OCc1cccc(Cl)c1)c1cc(S(=O)(=O)N2CCOCC2)ccc1F. The van der Waals surface area contributed by atoms with Crippen LogP contribution in [0.15, 0.2) is 47.4 Å². The number of nitrogens with zero attached hydrogens (tertiary/aromatic N) is 1. The Hall–Kier alpha value is -2.00. The highest BCUT2D eigenvalue weighted by atomic mass is 35.5. The summed E-state index contributed by atoms with van der Waals surface area (Å²) < 4.78 is 50.9. The number of hydrogen-bond acceptors (Lipinski definition) is 5. The second-order valence-corrected chi connectivity index (χ2v) is 8.24. The number of halogens is 2. The molecular weight excluding hydrogens is 397 g/mol. The summed E-state index contributed by atoms with van der Waals surface area (Å²) in [6.45, 7) is 0.867. The molecule has 0 unspecified atom stereocenters. The molecule has 0 aromatic heterocycles. The standard InChI is InChI=1S/C18H17ClFNO5S/c19-14-3-1-2-13(10-14)12-26-18(22)16-11-15(4-5-17(16)20)27(23,24)21-6-8-25-9-7-21/h1-5,10-11H,6-9,12H2. The number of morpholine rings is 1. The predicted octanol–water partition coefficient (Wildman–Crippen LogP) is 2.86. The number of ether oxygens (including phenoxy) is 2. The van der Waals surface area contributed by atoms with E-state index in [0.29, 0.717) is 10.6 Å². The summed E-state index contributed by atoms with van der Waals surface area (Å²) in [5, 5.41) is 0.480. The second-order valence-electron chi connectivity index (χ2n) is 5.86. The van der Waals surface area contributed by atoms with Gasteiger partial charge in [-0.2, -0.15) is 4.31 Å². The smallest absolute Gasteiger partial charge is 0.341 e. The van der Waals surface area contributed by atoms with Crippen LogP contribution in [-0.2, 0) is 26.1 Å². The summed E-state index contributed by atoms with van der Waals surface area (Å²) in [7, 11) is -3.85. The molecule has 9 heteroatoms. The Bertz CT molecular complexity index is 945. The molecule has 0 N–H and O–H groups in total. The third kappa shape index (κ3) is 4.65. The molecule has 2 aromatic rings. The highest BCUT2D eigenvalue weighted by Gasteiger charge is 2.28. The van der Waals surface area contributed by atoms with E-state index in [4.69, 9.17) is 21.1 Å². The van der Waals surface area contributed by atoms with E-state index >= 15 is 0 Å². The number of esters is 1. The van der Waals surface area contributed by atoms with Crippen molar-refractivity contribution >= 4 is 27.6 Å². The molecule has 2 aromatic carbocycles. The van der Waals surface area contributed by atoms with Gasteiger partial charge in [0.25, 0.3) is 0 Å². The van der Waals surface area contributed by atoms with E-state index in [1.807, 2.05) is 0 Å². The maximum Gasteiger partial charge on any atom is 0.341 e. The van der Waals surface area contributed by atoms with Crippen LogP contribution in [-0.4, -0.2) is 45.0 Å². The van der Waals surface area contributed by atoms with Crippen LogP contribution >= 0.6 is 11.6 Å². The fourth-order valence-electron chi connectivity index (χ4n) is 2.61. The number of carbonyl (C=O) groups is 1. The van der Waals surface area contributed by atoms with Crippen LogP contribution in [0.4, 0.5) is 4.39 Å². The lowest BCUT2D eigenvalue weighted by atomic mass is 10.2. The van der Waals surface area contributed by atoms with Crippen molar-refractivity contribution in [1.29, 1.82) is 0 Å². The second kappa shape index (κ2) is 8.35. The van der Waals surface area contributed by atoms with Crippen molar-refractivity contribution in [3.63, 3.8) is 0 Å². The Morgan fingerprint density at radius 2 is 1.93 bits per heavy atom. The minimum Gasteiger partial charge on any atom is -0.457 e. The van der Waals surface area contributed by atoms with Crippen LogP contribution in [0.3, 0.4) is 0 Å². The van der Waals surface area contributed by atoms with E-state index in [-0.39, 0.29) is 37.8 Å². The molecule has 0 spiro atoms. The van der Waals surface area contributed by atoms with Gasteiger partial charge in [-0.1, -0.05) is 23.7 Å². The fourth-order valence-corrected chi connectivity index (χ4v) is 4.26. The first kappa shape index (κ1) is 19.8. The minimum atomic E-state index is -3.85. The van der Waals surface area contributed by atoms with Crippen molar-refractivity contribution in [1.82, 2.24) is 4.31 Å². The molecule has 3 rings (SSSR count). The lowest BCUT2D eigenvalue weighted by molar-refractivity contribution is 0.0467. The Balaban J connectivity index is 1.79. The largest absolute Gasteiger partial charge is 0.457 e. The third-order valence-electron chi connectivity index (χ3n) is 4.02. The Labute approximate surface area is 161 Å². The van der Waals surface area contributed by atoms with Crippen LogP contribution in [0.1, 0.15) is 15.9 Å². The molecule has 1 aliphatic rings. The van der Waals surface area contributed by atoms with Crippen molar-refractivity contribution in [2.24, 2.45) is 0 Å². The average molecular weight is 414 g/mol. The predicted molar refractivity (Wildman–Crippen MR) is 96.5 cm³/mol. The molecule has 1 saturated heterocycles. The summed E-state index contributed by atoms with van der Waals surface area (Å²) in [6.07, 6.45) is 0. The van der Waals surface area contributed by atoms with Crippen molar-refractivity contribution in [3.8, 4) is 0 Å². The van der Waals surface area contributed by atoms with Gasteiger partial charge in [0, 0.05) is 18.1 Å². The van der Waals surface area contributed by atoms with E-state index in [1.54, 1.807) is 24.3 Å².